The van der Waals surface area contributed by atoms with Gasteiger partial charge in [0, 0.05) is 18.7 Å². The third kappa shape index (κ3) is 5.55. The zero-order chi connectivity index (χ0) is 26.4. The van der Waals surface area contributed by atoms with E-state index in [0.717, 1.165) is 11.1 Å². The molecule has 3 aromatic rings. The lowest BCUT2D eigenvalue weighted by atomic mass is 9.91. The summed E-state index contributed by atoms with van der Waals surface area (Å²) in [6.07, 6.45) is 0.623. The molecule has 3 aromatic carbocycles. The third-order valence-corrected chi connectivity index (χ3v) is 6.42. The fourth-order valence-corrected chi connectivity index (χ4v) is 4.46. The van der Waals surface area contributed by atoms with Crippen LogP contribution in [0.15, 0.2) is 60.7 Å². The van der Waals surface area contributed by atoms with Gasteiger partial charge >= 0.3 is 6.03 Å². The van der Waals surface area contributed by atoms with Gasteiger partial charge in [-0.2, -0.15) is 0 Å². The van der Waals surface area contributed by atoms with Gasteiger partial charge in [-0.05, 0) is 66.1 Å². The Morgan fingerprint density at radius 1 is 0.865 bits per heavy atom. The molecule has 1 aliphatic rings. The van der Waals surface area contributed by atoms with E-state index in [0.29, 0.717) is 47.2 Å². The van der Waals surface area contributed by atoms with Crippen LogP contribution in [0.4, 0.5) is 10.5 Å². The van der Waals surface area contributed by atoms with Crippen molar-refractivity contribution >= 4 is 17.6 Å². The first-order valence-corrected chi connectivity index (χ1v) is 11.9. The van der Waals surface area contributed by atoms with E-state index >= 15 is 0 Å². The molecule has 9 heteroatoms. The maximum absolute atomic E-state index is 13.5. The van der Waals surface area contributed by atoms with Gasteiger partial charge in [0.25, 0.3) is 5.91 Å². The highest BCUT2D eigenvalue weighted by Gasteiger charge is 2.33. The Hall–Kier alpha value is -4.40. The van der Waals surface area contributed by atoms with Gasteiger partial charge in [-0.15, -0.1) is 0 Å². The quantitative estimate of drug-likeness (QED) is 0.474. The van der Waals surface area contributed by atoms with Crippen molar-refractivity contribution in [3.63, 3.8) is 0 Å². The van der Waals surface area contributed by atoms with Crippen molar-refractivity contribution in [2.75, 3.05) is 46.8 Å². The lowest BCUT2D eigenvalue weighted by Crippen LogP contribution is -2.47. The number of hydrogen-bond acceptors (Lipinski definition) is 6. The van der Waals surface area contributed by atoms with Crippen LogP contribution in [0, 0.1) is 0 Å². The van der Waals surface area contributed by atoms with Crippen LogP contribution in [0.3, 0.4) is 0 Å². The molecule has 2 N–H and O–H groups in total. The fourth-order valence-electron chi connectivity index (χ4n) is 4.46. The first-order valence-electron chi connectivity index (χ1n) is 11.9. The van der Waals surface area contributed by atoms with Crippen LogP contribution in [0.2, 0.25) is 0 Å². The predicted octanol–water partition coefficient (Wildman–Crippen LogP) is 4.28. The van der Waals surface area contributed by atoms with Gasteiger partial charge in [-0.25, -0.2) is 4.79 Å². The second kappa shape index (κ2) is 11.6. The Labute approximate surface area is 216 Å². The number of rotatable bonds is 8. The number of nitrogens with one attached hydrogen (secondary N) is 2. The number of fused-ring (bicyclic) bond motifs is 1. The molecule has 0 unspecified atom stereocenters. The fraction of sp³-hybridized carbons (Fsp3) is 0.286. The third-order valence-electron chi connectivity index (χ3n) is 6.42. The summed E-state index contributed by atoms with van der Waals surface area (Å²) >= 11 is 0. The molecule has 0 aromatic heterocycles. The largest absolute Gasteiger partial charge is 0.497 e. The van der Waals surface area contributed by atoms with E-state index in [9.17, 15) is 9.59 Å². The van der Waals surface area contributed by atoms with Crippen LogP contribution in [-0.2, 0) is 6.42 Å². The molecule has 0 radical (unpaired) electrons. The maximum atomic E-state index is 13.5. The number of amides is 3. The minimum atomic E-state index is -0.444. The van der Waals surface area contributed by atoms with Crippen LogP contribution in [0.1, 0.15) is 27.5 Å². The van der Waals surface area contributed by atoms with E-state index in [4.69, 9.17) is 18.9 Å². The zero-order valence-electron chi connectivity index (χ0n) is 21.4. The van der Waals surface area contributed by atoms with Crippen molar-refractivity contribution < 1.29 is 28.5 Å². The van der Waals surface area contributed by atoms with Crippen LogP contribution in [-0.4, -0.2) is 58.4 Å². The number of carbonyl (C=O) groups excluding carboxylic acids is 2. The lowest BCUT2D eigenvalue weighted by molar-refractivity contribution is 0.0936. The van der Waals surface area contributed by atoms with Crippen molar-refractivity contribution in [2.45, 2.75) is 12.5 Å². The summed E-state index contributed by atoms with van der Waals surface area (Å²) in [7, 11) is 6.29. The highest BCUT2D eigenvalue weighted by atomic mass is 16.5. The number of hydrogen-bond donors (Lipinski definition) is 2. The Morgan fingerprint density at radius 2 is 1.54 bits per heavy atom. The molecular weight excluding hydrogens is 474 g/mol. The van der Waals surface area contributed by atoms with Gasteiger partial charge in [0.15, 0.2) is 11.5 Å². The summed E-state index contributed by atoms with van der Waals surface area (Å²) in [5, 5.41) is 5.94. The van der Waals surface area contributed by atoms with Crippen molar-refractivity contribution in [1.82, 2.24) is 10.2 Å². The van der Waals surface area contributed by atoms with Crippen LogP contribution in [0.5, 0.6) is 23.0 Å². The zero-order valence-corrected chi connectivity index (χ0v) is 21.4. The van der Waals surface area contributed by atoms with E-state index in [1.165, 1.54) is 0 Å². The summed E-state index contributed by atoms with van der Waals surface area (Å²) in [6.45, 7) is 0.652. The molecule has 194 valence electrons. The molecule has 37 heavy (non-hydrogen) atoms. The number of methoxy groups -OCH3 is 4. The smallest absolute Gasteiger partial charge is 0.322 e. The minimum absolute atomic E-state index is 0.201. The molecule has 1 heterocycles. The molecule has 0 saturated heterocycles. The highest BCUT2D eigenvalue weighted by molar-refractivity contribution is 5.94. The first-order chi connectivity index (χ1) is 18.0. The van der Waals surface area contributed by atoms with E-state index in [-0.39, 0.29) is 18.5 Å². The number of carbonyl (C=O) groups is 2. The summed E-state index contributed by atoms with van der Waals surface area (Å²) in [4.78, 5) is 28.2. The second-order valence-corrected chi connectivity index (χ2v) is 8.43. The Morgan fingerprint density at radius 3 is 2.22 bits per heavy atom. The van der Waals surface area contributed by atoms with Crippen molar-refractivity contribution in [3.8, 4) is 23.0 Å². The maximum Gasteiger partial charge on any atom is 0.322 e. The van der Waals surface area contributed by atoms with Gasteiger partial charge in [0.2, 0.25) is 0 Å². The van der Waals surface area contributed by atoms with E-state index in [1.807, 2.05) is 24.3 Å². The number of urea groups is 1. The molecule has 3 amide bonds. The Kier molecular flexibility index (Phi) is 8.02. The second-order valence-electron chi connectivity index (χ2n) is 8.43. The van der Waals surface area contributed by atoms with Crippen molar-refractivity contribution in [3.05, 3.63) is 77.4 Å². The first kappa shape index (κ1) is 25.7. The number of ether oxygens (including phenoxy) is 4. The Balaban J connectivity index is 1.62. The number of anilines is 1. The number of benzene rings is 3. The van der Waals surface area contributed by atoms with Crippen LogP contribution in [0.25, 0.3) is 0 Å². The normalized spacial score (nSPS) is 14.3. The average molecular weight is 506 g/mol. The van der Waals surface area contributed by atoms with Gasteiger partial charge in [-0.1, -0.05) is 12.1 Å². The SMILES string of the molecule is COc1ccc(C(=O)NC[C@@H]2c3cc(OC)c(OC)cc3CCN2C(=O)Nc2ccccc2OC)cc1. The lowest BCUT2D eigenvalue weighted by Gasteiger charge is -2.38. The summed E-state index contributed by atoms with van der Waals surface area (Å²) in [5.41, 5.74) is 2.97. The molecule has 0 bridgehead atoms. The standard InChI is InChI=1S/C28H31N3O6/c1-34-20-11-9-18(10-12-20)27(32)29-17-23-21-16-26(37-4)25(36-3)15-19(21)13-14-31(23)28(33)30-22-7-5-6-8-24(22)35-2/h5-12,15-16,23H,13-14,17H2,1-4H3,(H,29,32)(H,30,33)/t23-/m1/s1. The van der Waals surface area contributed by atoms with E-state index < -0.39 is 6.04 Å². The topological polar surface area (TPSA) is 98.4 Å². The molecule has 0 saturated carbocycles. The van der Waals surface area contributed by atoms with E-state index in [1.54, 1.807) is 69.7 Å². The minimum Gasteiger partial charge on any atom is -0.497 e. The molecule has 0 spiro atoms. The van der Waals surface area contributed by atoms with Gasteiger partial charge in [0.05, 0.1) is 40.2 Å². The molecule has 1 atom stereocenters. The van der Waals surface area contributed by atoms with E-state index in [2.05, 4.69) is 10.6 Å². The molecule has 0 fully saturated rings. The summed E-state index contributed by atoms with van der Waals surface area (Å²) in [6, 6.07) is 17.2. The number of para-hydroxylation sites is 2. The molecule has 9 nitrogen and oxygen atoms in total. The van der Waals surface area contributed by atoms with Gasteiger partial charge < -0.3 is 34.5 Å². The van der Waals surface area contributed by atoms with Crippen molar-refractivity contribution in [2.24, 2.45) is 0 Å². The molecule has 0 aliphatic carbocycles. The van der Waals surface area contributed by atoms with Crippen LogP contribution < -0.4 is 29.6 Å². The van der Waals surface area contributed by atoms with Gasteiger partial charge in [-0.3, -0.25) is 4.79 Å². The monoisotopic (exact) mass is 505 g/mol. The molecular formula is C28H31N3O6. The summed E-state index contributed by atoms with van der Waals surface area (Å²) in [5.74, 6) is 2.15. The molecule has 4 rings (SSSR count). The average Bonchev–Trinajstić information content (AvgIpc) is 2.94. The summed E-state index contributed by atoms with van der Waals surface area (Å²) < 4.78 is 21.6. The predicted molar refractivity (Wildman–Crippen MR) is 140 cm³/mol. The van der Waals surface area contributed by atoms with Crippen LogP contribution >= 0.6 is 0 Å². The van der Waals surface area contributed by atoms with Crippen molar-refractivity contribution in [1.29, 1.82) is 0 Å². The Bertz CT molecular complexity index is 1260. The van der Waals surface area contributed by atoms with Gasteiger partial charge in [0.1, 0.15) is 11.5 Å². The number of nitrogens with zero attached hydrogens (tertiary/aromatic N) is 1. The highest BCUT2D eigenvalue weighted by Crippen LogP contribution is 2.38. The molecule has 1 aliphatic heterocycles.